The Labute approximate surface area is 356 Å². The predicted molar refractivity (Wildman–Crippen MR) is 256 cm³/mol. The molecule has 0 fully saturated rings. The van der Waals surface area contributed by atoms with Gasteiger partial charge in [0.15, 0.2) is 0 Å². The van der Waals surface area contributed by atoms with Crippen molar-refractivity contribution in [3.8, 4) is 33.4 Å². The fraction of sp³-hybridized carbons (Fsp3) is 0. The van der Waals surface area contributed by atoms with E-state index in [4.69, 9.17) is 13.3 Å². The number of rotatable bonds is 3. The fourth-order valence-corrected chi connectivity index (χ4v) is 9.92. The molecule has 0 aliphatic heterocycles. The average Bonchev–Trinajstić information content (AvgIpc) is 3.33. The highest BCUT2D eigenvalue weighted by Crippen LogP contribution is 2.41. The molecule has 63 heavy (non-hydrogen) atoms. The molecule has 0 amide bonds. The molecule has 10 aromatic carbocycles. The van der Waals surface area contributed by atoms with Crippen molar-refractivity contribution in [3.63, 3.8) is 0 Å². The van der Waals surface area contributed by atoms with Crippen molar-refractivity contribution >= 4 is 97.5 Å². The second-order valence-corrected chi connectivity index (χ2v) is 16.1. The Hall–Kier alpha value is -8.61. The summed E-state index contributed by atoms with van der Waals surface area (Å²) in [6.45, 7) is 0. The van der Waals surface area contributed by atoms with Crippen molar-refractivity contribution < 1.29 is 13.3 Å². The van der Waals surface area contributed by atoms with E-state index in [1.165, 1.54) is 0 Å². The maximum absolute atomic E-state index is 14.4. The number of hydrogen-bond acceptors (Lipinski definition) is 6. The molecule has 13 rings (SSSR count). The van der Waals surface area contributed by atoms with Gasteiger partial charge in [0.05, 0.1) is 16.7 Å². The summed E-state index contributed by atoms with van der Waals surface area (Å²) >= 11 is 0. The summed E-state index contributed by atoms with van der Waals surface area (Å²) < 4.78 is 18.9. The van der Waals surface area contributed by atoms with Crippen LogP contribution in [0.1, 0.15) is 0 Å². The molecule has 0 spiro atoms. The first-order chi connectivity index (χ1) is 31.0. The Bertz CT molecular complexity index is 3890. The molecular weight excluding hydrogens is 781 g/mol. The molecule has 0 radical (unpaired) electrons. The van der Waals surface area contributed by atoms with E-state index in [0.29, 0.717) is 33.4 Å². The quantitative estimate of drug-likeness (QED) is 0.130. The second kappa shape index (κ2) is 13.2. The van der Waals surface area contributed by atoms with Gasteiger partial charge in [-0.2, -0.15) is 0 Å². The zero-order chi connectivity index (χ0) is 41.9. The van der Waals surface area contributed by atoms with E-state index in [2.05, 4.69) is 18.2 Å². The van der Waals surface area contributed by atoms with Gasteiger partial charge in [0, 0.05) is 32.3 Å². The van der Waals surface area contributed by atoms with Gasteiger partial charge in [-0.1, -0.05) is 146 Å². The van der Waals surface area contributed by atoms with Crippen molar-refractivity contribution in [1.29, 1.82) is 0 Å². The van der Waals surface area contributed by atoms with Crippen LogP contribution in [0.15, 0.2) is 210 Å². The minimum Gasteiger partial charge on any atom is -0.422 e. The summed E-state index contributed by atoms with van der Waals surface area (Å²) in [6.07, 6.45) is 0. The van der Waals surface area contributed by atoms with Crippen LogP contribution >= 0.6 is 0 Å². The van der Waals surface area contributed by atoms with Gasteiger partial charge in [0.1, 0.15) is 16.7 Å². The molecule has 6 nitrogen and oxygen atoms in total. The van der Waals surface area contributed by atoms with Crippen LogP contribution in [0.3, 0.4) is 0 Å². The van der Waals surface area contributed by atoms with Crippen LogP contribution in [0, 0.1) is 0 Å². The molecule has 3 aromatic heterocycles. The average molecular weight is 811 g/mol. The second-order valence-electron chi connectivity index (χ2n) is 16.1. The van der Waals surface area contributed by atoms with Crippen LogP contribution in [-0.4, -0.2) is 0 Å². The van der Waals surface area contributed by atoms with Gasteiger partial charge in [-0.15, -0.1) is 0 Å². The Balaban J connectivity index is 1.13. The van der Waals surface area contributed by atoms with Gasteiger partial charge in [0.25, 0.3) is 0 Å². The van der Waals surface area contributed by atoms with Crippen molar-refractivity contribution in [2.45, 2.75) is 0 Å². The van der Waals surface area contributed by atoms with Crippen molar-refractivity contribution in [3.05, 3.63) is 213 Å². The molecule has 0 aliphatic carbocycles. The van der Waals surface area contributed by atoms with E-state index < -0.39 is 16.9 Å². The Kier molecular flexibility index (Phi) is 7.37. The lowest BCUT2D eigenvalue weighted by Gasteiger charge is -2.14. The molecule has 294 valence electrons. The maximum atomic E-state index is 14.4. The third-order valence-electron chi connectivity index (χ3n) is 12.7. The van der Waals surface area contributed by atoms with Crippen LogP contribution < -0.4 is 16.9 Å². The first-order valence-corrected chi connectivity index (χ1v) is 20.8. The topological polar surface area (TPSA) is 90.6 Å². The monoisotopic (exact) mass is 810 g/mol. The van der Waals surface area contributed by atoms with Gasteiger partial charge in [0.2, 0.25) is 0 Å². The molecule has 3 heterocycles. The van der Waals surface area contributed by atoms with Crippen LogP contribution in [0.2, 0.25) is 0 Å². The summed E-state index contributed by atoms with van der Waals surface area (Å²) in [5.74, 6) is 0. The SMILES string of the molecule is O=c1oc2c3ccccc3c3ccccc3c2cc1-c1cc(-c2cc3c4ccccc4c4ccccc4c3oc2=O)cc(-c2cc3c4ccccc4c4ccccc4c3oc2=O)c1. The van der Waals surface area contributed by atoms with Gasteiger partial charge in [-0.3, -0.25) is 0 Å². The number of hydrogen-bond donors (Lipinski definition) is 0. The fourth-order valence-electron chi connectivity index (χ4n) is 9.92. The first kappa shape index (κ1) is 35.2. The lowest BCUT2D eigenvalue weighted by atomic mass is 9.91. The largest absolute Gasteiger partial charge is 0.422 e. The molecule has 0 unspecified atom stereocenters. The maximum Gasteiger partial charge on any atom is 0.344 e. The molecule has 0 atom stereocenters. The van der Waals surface area contributed by atoms with E-state index in [1.54, 1.807) is 18.2 Å². The normalized spacial score (nSPS) is 12.0. The third kappa shape index (κ3) is 5.15. The Morgan fingerprint density at radius 1 is 0.222 bits per heavy atom. The lowest BCUT2D eigenvalue weighted by molar-refractivity contribution is 0.567. The van der Waals surface area contributed by atoms with E-state index in [-0.39, 0.29) is 16.7 Å². The van der Waals surface area contributed by atoms with E-state index >= 15 is 0 Å². The zero-order valence-corrected chi connectivity index (χ0v) is 33.3. The van der Waals surface area contributed by atoms with Crippen molar-refractivity contribution in [2.24, 2.45) is 0 Å². The molecule has 13 aromatic rings. The summed E-state index contributed by atoms with van der Waals surface area (Å²) in [5, 5.41) is 13.6. The predicted octanol–water partition coefficient (Wildman–Crippen LogP) is 13.9. The summed E-state index contributed by atoms with van der Waals surface area (Å²) in [5.41, 5.74) is 1.97. The molecule has 0 saturated heterocycles. The molecule has 0 N–H and O–H groups in total. The molecule has 0 saturated carbocycles. The molecule has 0 bridgehead atoms. The highest BCUT2D eigenvalue weighted by Gasteiger charge is 2.21. The molecular formula is C57H30O6. The van der Waals surface area contributed by atoms with Crippen LogP contribution in [0.4, 0.5) is 0 Å². The van der Waals surface area contributed by atoms with E-state index in [9.17, 15) is 14.4 Å². The van der Waals surface area contributed by atoms with Crippen LogP contribution in [-0.2, 0) is 0 Å². The summed E-state index contributed by atoms with van der Waals surface area (Å²) in [7, 11) is 0. The van der Waals surface area contributed by atoms with Gasteiger partial charge >= 0.3 is 16.9 Å². The number of benzene rings is 10. The van der Waals surface area contributed by atoms with Gasteiger partial charge < -0.3 is 13.3 Å². The minimum atomic E-state index is -0.558. The first-order valence-electron chi connectivity index (χ1n) is 20.8. The lowest BCUT2D eigenvalue weighted by Crippen LogP contribution is -2.07. The number of fused-ring (bicyclic) bond motifs is 18. The van der Waals surface area contributed by atoms with Gasteiger partial charge in [-0.25, -0.2) is 14.4 Å². The smallest absolute Gasteiger partial charge is 0.344 e. The zero-order valence-electron chi connectivity index (χ0n) is 33.3. The third-order valence-corrected chi connectivity index (χ3v) is 12.7. The highest BCUT2D eigenvalue weighted by atomic mass is 16.4. The Morgan fingerprint density at radius 2 is 0.413 bits per heavy atom. The molecule has 6 heteroatoms. The van der Waals surface area contributed by atoms with Crippen molar-refractivity contribution in [1.82, 2.24) is 0 Å². The van der Waals surface area contributed by atoms with E-state index in [1.807, 2.05) is 146 Å². The summed E-state index contributed by atoms with van der Waals surface area (Å²) in [6, 6.07) is 58.9. The summed E-state index contributed by atoms with van der Waals surface area (Å²) in [4.78, 5) is 43.2. The van der Waals surface area contributed by atoms with Gasteiger partial charge in [-0.05, 0) is 102 Å². The standard InChI is InChI=1S/C57H30O6/c58-55-46(28-49-40-19-4-1-13-34(40)37-16-7-10-22-43(37)52(49)61-55)31-25-32(47-29-50-41-20-5-2-14-35(41)38-17-8-11-23-44(38)53(50)62-56(47)59)27-33(26-31)48-30-51-42-21-6-3-15-36(42)39-18-9-12-24-45(39)54(51)63-57(48)60/h1-30H. The highest BCUT2D eigenvalue weighted by molar-refractivity contribution is 6.26. The van der Waals surface area contributed by atoms with E-state index in [0.717, 1.165) is 80.8 Å². The van der Waals surface area contributed by atoms with Crippen molar-refractivity contribution in [2.75, 3.05) is 0 Å². The van der Waals surface area contributed by atoms with Crippen LogP contribution in [0.25, 0.3) is 131 Å². The minimum absolute atomic E-state index is 0.272. The van der Waals surface area contributed by atoms with Crippen LogP contribution in [0.5, 0.6) is 0 Å². The molecule has 0 aliphatic rings. The Morgan fingerprint density at radius 3 is 0.651 bits per heavy atom.